The Hall–Kier alpha value is -2.02. The molecule has 0 unspecified atom stereocenters. The summed E-state index contributed by atoms with van der Waals surface area (Å²) in [7, 11) is 0. The third kappa shape index (κ3) is 4.04. The van der Waals surface area contributed by atoms with Gasteiger partial charge in [-0.25, -0.2) is 4.98 Å². The van der Waals surface area contributed by atoms with Crippen LogP contribution in [0.15, 0.2) is 21.1 Å². The van der Waals surface area contributed by atoms with Gasteiger partial charge in [-0.3, -0.25) is 4.79 Å². The van der Waals surface area contributed by atoms with Crippen LogP contribution in [0.5, 0.6) is 0 Å². The minimum Gasteiger partial charge on any atom is -0.410 e. The number of nitrogens with zero attached hydrogens (tertiary/aromatic N) is 4. The van der Waals surface area contributed by atoms with Crippen LogP contribution in [-0.2, 0) is 17.6 Å². The molecule has 3 heterocycles. The van der Waals surface area contributed by atoms with Gasteiger partial charge < -0.3 is 4.42 Å². The molecule has 144 valence electrons. The Morgan fingerprint density at radius 1 is 1.50 bits per heavy atom. The minimum atomic E-state index is -0.848. The highest BCUT2D eigenvalue weighted by molar-refractivity contribution is 7.99. The van der Waals surface area contributed by atoms with Crippen molar-refractivity contribution in [3.05, 3.63) is 32.6 Å². The SMILES string of the molecule is Cc1csc([C@H](C#N)C(=O)CSc2nnc(-c3cc4c(s3)CC[C@H](C)C4)o2)n1. The van der Waals surface area contributed by atoms with Gasteiger partial charge in [-0.1, -0.05) is 18.7 Å². The van der Waals surface area contributed by atoms with Crippen molar-refractivity contribution in [1.29, 1.82) is 5.26 Å². The lowest BCUT2D eigenvalue weighted by atomic mass is 9.90. The molecule has 0 amide bonds. The van der Waals surface area contributed by atoms with E-state index in [-0.39, 0.29) is 11.5 Å². The molecule has 3 aromatic rings. The third-order valence-corrected chi connectivity index (χ3v) is 7.71. The van der Waals surface area contributed by atoms with E-state index in [0.717, 1.165) is 35.2 Å². The maximum Gasteiger partial charge on any atom is 0.277 e. The van der Waals surface area contributed by atoms with Crippen LogP contribution in [-0.4, -0.2) is 26.7 Å². The summed E-state index contributed by atoms with van der Waals surface area (Å²) < 4.78 is 5.75. The topological polar surface area (TPSA) is 92.7 Å². The first-order valence-corrected chi connectivity index (χ1v) is 11.6. The quantitative estimate of drug-likeness (QED) is 0.525. The van der Waals surface area contributed by atoms with Gasteiger partial charge in [-0.15, -0.1) is 32.9 Å². The largest absolute Gasteiger partial charge is 0.410 e. The molecule has 6 nitrogen and oxygen atoms in total. The van der Waals surface area contributed by atoms with Gasteiger partial charge in [0.1, 0.15) is 5.01 Å². The number of thiazole rings is 1. The Bertz CT molecular complexity index is 1050. The minimum absolute atomic E-state index is 0.0942. The fourth-order valence-corrected chi connectivity index (χ4v) is 5.82. The Kier molecular flexibility index (Phi) is 5.62. The van der Waals surface area contributed by atoms with E-state index in [1.165, 1.54) is 28.2 Å². The van der Waals surface area contributed by atoms with E-state index < -0.39 is 5.92 Å². The maximum atomic E-state index is 12.4. The number of fused-ring (bicyclic) bond motifs is 1. The zero-order valence-electron chi connectivity index (χ0n) is 15.5. The predicted molar refractivity (Wildman–Crippen MR) is 110 cm³/mol. The molecule has 0 spiro atoms. The van der Waals surface area contributed by atoms with Crippen LogP contribution in [0.3, 0.4) is 0 Å². The third-order valence-electron chi connectivity index (χ3n) is 4.62. The number of ketones is 1. The Balaban J connectivity index is 1.41. The van der Waals surface area contributed by atoms with Gasteiger partial charge >= 0.3 is 0 Å². The normalized spacial score (nSPS) is 17.1. The van der Waals surface area contributed by atoms with E-state index in [2.05, 4.69) is 34.2 Å². The van der Waals surface area contributed by atoms with Crippen LogP contribution in [0.25, 0.3) is 10.8 Å². The van der Waals surface area contributed by atoms with Gasteiger partial charge in [0.15, 0.2) is 11.7 Å². The van der Waals surface area contributed by atoms with E-state index in [9.17, 15) is 10.1 Å². The molecule has 4 rings (SSSR count). The zero-order valence-corrected chi connectivity index (χ0v) is 17.9. The van der Waals surface area contributed by atoms with Crippen molar-refractivity contribution in [1.82, 2.24) is 15.2 Å². The fourth-order valence-electron chi connectivity index (χ4n) is 3.16. The lowest BCUT2D eigenvalue weighted by Gasteiger charge is -2.16. The summed E-state index contributed by atoms with van der Waals surface area (Å²) in [6.45, 7) is 4.12. The lowest BCUT2D eigenvalue weighted by molar-refractivity contribution is -0.116. The molecule has 1 aliphatic rings. The lowest BCUT2D eigenvalue weighted by Crippen LogP contribution is -2.13. The molecule has 0 saturated heterocycles. The molecule has 0 fully saturated rings. The molecular formula is C19H18N4O2S3. The number of thioether (sulfide) groups is 1. The molecule has 0 aromatic carbocycles. The van der Waals surface area contributed by atoms with Gasteiger partial charge in [0, 0.05) is 16.0 Å². The van der Waals surface area contributed by atoms with E-state index in [1.807, 2.05) is 12.3 Å². The van der Waals surface area contributed by atoms with Crippen molar-refractivity contribution in [3.8, 4) is 16.8 Å². The monoisotopic (exact) mass is 430 g/mol. The Labute approximate surface area is 175 Å². The maximum absolute atomic E-state index is 12.4. The zero-order chi connectivity index (χ0) is 19.7. The summed E-state index contributed by atoms with van der Waals surface area (Å²) in [4.78, 5) is 19.1. The highest BCUT2D eigenvalue weighted by Crippen LogP contribution is 2.37. The van der Waals surface area contributed by atoms with Crippen LogP contribution in [0.4, 0.5) is 0 Å². The highest BCUT2D eigenvalue weighted by Gasteiger charge is 2.25. The molecule has 1 aliphatic carbocycles. The number of hydrogen-bond donors (Lipinski definition) is 0. The van der Waals surface area contributed by atoms with Crippen LogP contribution in [0.2, 0.25) is 0 Å². The summed E-state index contributed by atoms with van der Waals surface area (Å²) in [6, 6.07) is 4.20. The van der Waals surface area contributed by atoms with Crippen LogP contribution >= 0.6 is 34.4 Å². The summed E-state index contributed by atoms with van der Waals surface area (Å²) in [5.74, 6) is 0.248. The first kappa shape index (κ1) is 19.3. The number of nitriles is 1. The molecular weight excluding hydrogens is 412 g/mol. The van der Waals surface area contributed by atoms with Crippen molar-refractivity contribution >= 4 is 40.2 Å². The van der Waals surface area contributed by atoms with Crippen molar-refractivity contribution in [3.63, 3.8) is 0 Å². The first-order chi connectivity index (χ1) is 13.5. The second kappa shape index (κ2) is 8.15. The number of hydrogen-bond acceptors (Lipinski definition) is 9. The highest BCUT2D eigenvalue weighted by atomic mass is 32.2. The van der Waals surface area contributed by atoms with Gasteiger partial charge in [0.2, 0.25) is 0 Å². The number of carbonyl (C=O) groups is 1. The van der Waals surface area contributed by atoms with Gasteiger partial charge in [0.05, 0.1) is 16.7 Å². The van der Waals surface area contributed by atoms with E-state index in [0.29, 0.717) is 22.0 Å². The predicted octanol–water partition coefficient (Wildman–Crippen LogP) is 4.66. The number of aryl methyl sites for hydroxylation is 2. The molecule has 2 atom stereocenters. The van der Waals surface area contributed by atoms with E-state index in [1.54, 1.807) is 11.3 Å². The van der Waals surface area contributed by atoms with Crippen molar-refractivity contribution < 1.29 is 9.21 Å². The smallest absolute Gasteiger partial charge is 0.277 e. The number of thiophene rings is 1. The molecule has 9 heteroatoms. The Morgan fingerprint density at radius 2 is 2.36 bits per heavy atom. The number of rotatable bonds is 6. The van der Waals surface area contributed by atoms with Crippen molar-refractivity contribution in [2.45, 2.75) is 44.3 Å². The number of Topliss-reactive ketones (excluding diaryl/α,β-unsaturated/α-hetero) is 1. The number of aromatic nitrogens is 3. The van der Waals surface area contributed by atoms with Crippen LogP contribution in [0, 0.1) is 24.2 Å². The summed E-state index contributed by atoms with van der Waals surface area (Å²) in [6.07, 6.45) is 3.43. The van der Waals surface area contributed by atoms with E-state index in [4.69, 9.17) is 4.42 Å². The molecule has 0 aliphatic heterocycles. The molecule has 0 saturated carbocycles. The molecule has 0 bridgehead atoms. The summed E-state index contributed by atoms with van der Waals surface area (Å²) in [5, 5.41) is 20.3. The molecule has 3 aromatic heterocycles. The summed E-state index contributed by atoms with van der Waals surface area (Å²) >= 11 is 4.21. The first-order valence-electron chi connectivity index (χ1n) is 8.96. The average Bonchev–Trinajstić information content (AvgIpc) is 3.39. The molecule has 0 radical (unpaired) electrons. The fraction of sp³-hybridized carbons (Fsp3) is 0.421. The average molecular weight is 431 g/mol. The van der Waals surface area contributed by atoms with Crippen molar-refractivity contribution in [2.75, 3.05) is 5.75 Å². The Morgan fingerprint density at radius 3 is 3.11 bits per heavy atom. The van der Waals surface area contributed by atoms with E-state index >= 15 is 0 Å². The van der Waals surface area contributed by atoms with Gasteiger partial charge in [-0.05, 0) is 43.7 Å². The van der Waals surface area contributed by atoms with Gasteiger partial charge in [0.25, 0.3) is 11.1 Å². The second-order valence-electron chi connectivity index (χ2n) is 6.92. The van der Waals surface area contributed by atoms with Crippen LogP contribution < -0.4 is 0 Å². The van der Waals surface area contributed by atoms with Crippen LogP contribution in [0.1, 0.15) is 40.4 Å². The molecule has 28 heavy (non-hydrogen) atoms. The van der Waals surface area contributed by atoms with Crippen molar-refractivity contribution in [2.24, 2.45) is 5.92 Å². The summed E-state index contributed by atoms with van der Waals surface area (Å²) in [5.41, 5.74) is 2.20. The number of carbonyl (C=O) groups excluding carboxylic acids is 1. The second-order valence-corrected chi connectivity index (χ2v) is 9.88. The molecule has 0 N–H and O–H groups in total. The standard InChI is InChI=1S/C19H18N4O2S3/c1-10-3-4-15-12(5-10)6-16(28-15)17-22-23-19(25-17)27-9-14(24)13(7-20)18-21-11(2)8-26-18/h6,8,10,13H,3-5,9H2,1-2H3/t10-,13+/m0/s1. The van der Waals surface area contributed by atoms with Gasteiger partial charge in [-0.2, -0.15) is 5.26 Å².